The number of hydrogen-bond acceptors (Lipinski definition) is 3. The van der Waals surface area contributed by atoms with Crippen LogP contribution in [0.15, 0.2) is 24.3 Å². The summed E-state index contributed by atoms with van der Waals surface area (Å²) in [4.78, 5) is 11.8. The molecule has 0 bridgehead atoms. The topological polar surface area (TPSA) is 67.4 Å². The third kappa shape index (κ3) is 6.38. The maximum absolute atomic E-state index is 12.4. The Morgan fingerprint density at radius 3 is 2.64 bits per heavy atom. The fourth-order valence-electron chi connectivity index (χ4n) is 1.89. The maximum Gasteiger partial charge on any atom is 0.387 e. The molecule has 0 aliphatic carbocycles. The molecule has 8 heteroatoms. The number of amides is 2. The Hall–Kier alpha value is -1.70. The van der Waals surface area contributed by atoms with Crippen molar-refractivity contribution in [1.29, 1.82) is 0 Å². The zero-order valence-corrected chi connectivity index (χ0v) is 13.3. The molecule has 1 aromatic carbocycles. The van der Waals surface area contributed by atoms with Crippen molar-refractivity contribution in [3.05, 3.63) is 29.8 Å². The van der Waals surface area contributed by atoms with Gasteiger partial charge in [0.1, 0.15) is 5.75 Å². The second kappa shape index (κ2) is 9.34. The van der Waals surface area contributed by atoms with E-state index in [1.54, 1.807) is 24.5 Å². The summed E-state index contributed by atoms with van der Waals surface area (Å²) in [5.41, 5.74) is 0.486. The average molecular weight is 334 g/mol. The molecule has 0 heterocycles. The van der Waals surface area contributed by atoms with E-state index in [1.165, 1.54) is 6.07 Å². The van der Waals surface area contributed by atoms with Gasteiger partial charge in [-0.3, -0.25) is 4.21 Å². The fourth-order valence-corrected chi connectivity index (χ4v) is 2.28. The minimum absolute atomic E-state index is 0.0410. The third-order valence-corrected chi connectivity index (χ3v) is 3.68. The Labute approximate surface area is 130 Å². The summed E-state index contributed by atoms with van der Waals surface area (Å²) < 4.78 is 40.2. The monoisotopic (exact) mass is 334 g/mol. The lowest BCUT2D eigenvalue weighted by Gasteiger charge is -2.20. The van der Waals surface area contributed by atoms with Crippen LogP contribution in [0.4, 0.5) is 13.6 Å². The van der Waals surface area contributed by atoms with Crippen molar-refractivity contribution in [3.8, 4) is 5.75 Å². The zero-order chi connectivity index (χ0) is 16.5. The molecular formula is C14H20F2N2O3S. The molecule has 0 aliphatic rings. The van der Waals surface area contributed by atoms with Gasteiger partial charge in [-0.05, 0) is 12.5 Å². The molecule has 2 atom stereocenters. The van der Waals surface area contributed by atoms with Crippen LogP contribution in [-0.2, 0) is 10.8 Å². The highest BCUT2D eigenvalue weighted by atomic mass is 32.2. The van der Waals surface area contributed by atoms with Gasteiger partial charge < -0.3 is 15.4 Å². The lowest BCUT2D eigenvalue weighted by atomic mass is 10.0. The number of carbonyl (C=O) groups is 1. The van der Waals surface area contributed by atoms with Crippen LogP contribution in [-0.4, -0.2) is 35.4 Å². The molecule has 124 valence electrons. The molecule has 0 saturated carbocycles. The number of halogens is 2. The van der Waals surface area contributed by atoms with Crippen molar-refractivity contribution in [2.45, 2.75) is 26.0 Å². The fraction of sp³-hybridized carbons (Fsp3) is 0.500. The summed E-state index contributed by atoms with van der Waals surface area (Å²) in [6.07, 6.45) is 2.06. The molecule has 0 fully saturated rings. The highest BCUT2D eigenvalue weighted by Gasteiger charge is 2.18. The number of rotatable bonds is 8. The standard InChI is InChI=1S/C14H20F2N2O3S/c1-3-11(18-14(19)17-8-9-22(2)20)10-6-4-5-7-12(10)21-13(15)16/h4-7,11,13H,3,8-9H2,1-2H3,(H2,17,18,19)/t11-,22+/m0/s1. The van der Waals surface area contributed by atoms with Gasteiger partial charge in [-0.25, -0.2) is 4.79 Å². The van der Waals surface area contributed by atoms with Crippen LogP contribution < -0.4 is 15.4 Å². The number of hydrogen-bond donors (Lipinski definition) is 2. The lowest BCUT2D eigenvalue weighted by Crippen LogP contribution is -2.39. The molecule has 5 nitrogen and oxygen atoms in total. The van der Waals surface area contributed by atoms with Crippen molar-refractivity contribution in [3.63, 3.8) is 0 Å². The van der Waals surface area contributed by atoms with Gasteiger partial charge in [0.15, 0.2) is 0 Å². The zero-order valence-electron chi connectivity index (χ0n) is 12.5. The molecule has 0 saturated heterocycles. The Morgan fingerprint density at radius 1 is 1.36 bits per heavy atom. The van der Waals surface area contributed by atoms with E-state index in [2.05, 4.69) is 15.4 Å². The van der Waals surface area contributed by atoms with Crippen LogP contribution in [0.2, 0.25) is 0 Å². The van der Waals surface area contributed by atoms with Crippen LogP contribution in [0.1, 0.15) is 24.9 Å². The quantitative estimate of drug-likeness (QED) is 0.767. The second-order valence-electron chi connectivity index (χ2n) is 4.55. The molecule has 2 N–H and O–H groups in total. The molecule has 0 aliphatic heterocycles. The SMILES string of the molecule is CC[C@H](NC(=O)NCC[S@@](C)=O)c1ccccc1OC(F)F. The number of ether oxygens (including phenoxy) is 1. The minimum atomic E-state index is -2.92. The van der Waals surface area contributed by atoms with Crippen molar-refractivity contribution in [2.75, 3.05) is 18.6 Å². The van der Waals surface area contributed by atoms with Crippen molar-refractivity contribution >= 4 is 16.8 Å². The van der Waals surface area contributed by atoms with E-state index in [9.17, 15) is 17.8 Å². The van der Waals surface area contributed by atoms with Gasteiger partial charge in [0, 0.05) is 34.9 Å². The third-order valence-electron chi connectivity index (χ3n) is 2.90. The van der Waals surface area contributed by atoms with E-state index in [4.69, 9.17) is 0 Å². The van der Waals surface area contributed by atoms with Gasteiger partial charge in [0.25, 0.3) is 0 Å². The Bertz CT molecular complexity index is 515. The van der Waals surface area contributed by atoms with Gasteiger partial charge in [-0.2, -0.15) is 8.78 Å². The molecule has 0 aromatic heterocycles. The molecular weight excluding hydrogens is 314 g/mol. The number of carbonyl (C=O) groups excluding carboxylic acids is 1. The first kappa shape index (κ1) is 18.3. The first-order valence-electron chi connectivity index (χ1n) is 6.82. The number of para-hydroxylation sites is 1. The van der Waals surface area contributed by atoms with Gasteiger partial charge in [0.05, 0.1) is 6.04 Å². The smallest absolute Gasteiger partial charge is 0.387 e. The number of benzene rings is 1. The summed E-state index contributed by atoms with van der Waals surface area (Å²) in [5.74, 6) is 0.397. The predicted molar refractivity (Wildman–Crippen MR) is 81.6 cm³/mol. The predicted octanol–water partition coefficient (Wildman–Crippen LogP) is 2.42. The first-order valence-corrected chi connectivity index (χ1v) is 8.54. The lowest BCUT2D eigenvalue weighted by molar-refractivity contribution is -0.0506. The largest absolute Gasteiger partial charge is 0.434 e. The minimum Gasteiger partial charge on any atom is -0.434 e. The Balaban J connectivity index is 2.71. The summed E-state index contributed by atoms with van der Waals surface area (Å²) in [6.45, 7) is -0.821. The van der Waals surface area contributed by atoms with Crippen LogP contribution >= 0.6 is 0 Å². The van der Waals surface area contributed by atoms with Crippen molar-refractivity contribution < 1.29 is 22.5 Å². The summed E-state index contributed by atoms with van der Waals surface area (Å²) in [5, 5.41) is 5.27. The summed E-state index contributed by atoms with van der Waals surface area (Å²) >= 11 is 0. The van der Waals surface area contributed by atoms with Gasteiger partial charge in [0.2, 0.25) is 0 Å². The highest BCUT2D eigenvalue weighted by Crippen LogP contribution is 2.28. The number of urea groups is 1. The normalized spacial score (nSPS) is 13.5. The van der Waals surface area contributed by atoms with E-state index in [0.29, 0.717) is 17.7 Å². The highest BCUT2D eigenvalue weighted by molar-refractivity contribution is 7.84. The van der Waals surface area contributed by atoms with E-state index in [0.717, 1.165) is 0 Å². The molecule has 2 amide bonds. The van der Waals surface area contributed by atoms with Crippen LogP contribution in [0, 0.1) is 0 Å². The maximum atomic E-state index is 12.4. The van der Waals surface area contributed by atoms with Crippen LogP contribution in [0.5, 0.6) is 5.75 Å². The summed E-state index contributed by atoms with van der Waals surface area (Å²) in [6, 6.07) is 5.45. The van der Waals surface area contributed by atoms with Crippen LogP contribution in [0.3, 0.4) is 0 Å². The Kier molecular flexibility index (Phi) is 7.79. The Morgan fingerprint density at radius 2 is 2.05 bits per heavy atom. The van der Waals surface area contributed by atoms with E-state index < -0.39 is 29.5 Å². The summed E-state index contributed by atoms with van der Waals surface area (Å²) in [7, 11) is -0.989. The van der Waals surface area contributed by atoms with Gasteiger partial charge in [-0.15, -0.1) is 0 Å². The van der Waals surface area contributed by atoms with Crippen molar-refractivity contribution in [1.82, 2.24) is 10.6 Å². The van der Waals surface area contributed by atoms with E-state index in [-0.39, 0.29) is 12.3 Å². The molecule has 1 aromatic rings. The molecule has 22 heavy (non-hydrogen) atoms. The van der Waals surface area contributed by atoms with E-state index >= 15 is 0 Å². The average Bonchev–Trinajstić information content (AvgIpc) is 2.44. The van der Waals surface area contributed by atoms with E-state index in [1.807, 2.05) is 6.92 Å². The molecule has 0 unspecified atom stereocenters. The molecule has 0 spiro atoms. The van der Waals surface area contributed by atoms with Crippen molar-refractivity contribution in [2.24, 2.45) is 0 Å². The molecule has 1 rings (SSSR count). The van der Waals surface area contributed by atoms with Gasteiger partial charge >= 0.3 is 12.6 Å². The first-order chi connectivity index (χ1) is 10.4. The molecule has 0 radical (unpaired) electrons. The number of nitrogens with one attached hydrogen (secondary N) is 2. The van der Waals surface area contributed by atoms with Crippen LogP contribution in [0.25, 0.3) is 0 Å². The number of alkyl halides is 2. The second-order valence-corrected chi connectivity index (χ2v) is 6.11. The van der Waals surface area contributed by atoms with Gasteiger partial charge in [-0.1, -0.05) is 25.1 Å².